The zero-order valence-electron chi connectivity index (χ0n) is 21.5. The molecule has 1 aromatic heterocycles. The maximum absolute atomic E-state index is 13.6. The van der Waals surface area contributed by atoms with Crippen LogP contribution in [-0.2, 0) is 16.1 Å². The van der Waals surface area contributed by atoms with E-state index in [1.165, 1.54) is 0 Å². The monoisotopic (exact) mass is 493 g/mol. The number of carbonyl (C=O) groups is 2. The molecule has 0 bridgehead atoms. The average molecular weight is 494 g/mol. The minimum absolute atomic E-state index is 0.125. The van der Waals surface area contributed by atoms with Crippen molar-refractivity contribution in [3.8, 4) is 6.07 Å². The van der Waals surface area contributed by atoms with Gasteiger partial charge in [-0.05, 0) is 37.3 Å². The van der Waals surface area contributed by atoms with Crippen molar-refractivity contribution in [3.05, 3.63) is 36.0 Å². The molecule has 1 aliphatic carbocycles. The quantitative estimate of drug-likeness (QED) is 0.558. The van der Waals surface area contributed by atoms with Gasteiger partial charge in [0.2, 0.25) is 5.91 Å². The first-order valence-corrected chi connectivity index (χ1v) is 13.4. The van der Waals surface area contributed by atoms with Crippen LogP contribution in [0.5, 0.6) is 0 Å². The number of nitrogens with one attached hydrogen (secondary N) is 2. The molecule has 1 aromatic carbocycles. The highest BCUT2D eigenvalue weighted by Crippen LogP contribution is 2.26. The van der Waals surface area contributed by atoms with Crippen LogP contribution in [0.3, 0.4) is 0 Å². The molecule has 0 spiro atoms. The number of para-hydroxylation sites is 1. The van der Waals surface area contributed by atoms with Crippen molar-refractivity contribution in [2.45, 2.75) is 64.6 Å². The molecule has 2 fully saturated rings. The van der Waals surface area contributed by atoms with Gasteiger partial charge in [-0.1, -0.05) is 44.9 Å². The lowest BCUT2D eigenvalue weighted by Gasteiger charge is -2.32. The summed E-state index contributed by atoms with van der Waals surface area (Å²) < 4.78 is 7.57. The van der Waals surface area contributed by atoms with Crippen LogP contribution in [0.1, 0.15) is 56.4 Å². The molecule has 8 heteroatoms. The Hall–Kier alpha value is -2.89. The fourth-order valence-electron chi connectivity index (χ4n) is 5.46. The van der Waals surface area contributed by atoms with E-state index in [0.29, 0.717) is 24.6 Å². The Kier molecular flexibility index (Phi) is 9.00. The van der Waals surface area contributed by atoms with E-state index >= 15 is 0 Å². The third-order valence-electron chi connectivity index (χ3n) is 7.39. The molecule has 1 aliphatic heterocycles. The topological polar surface area (TPSA) is 99.4 Å². The lowest BCUT2D eigenvalue weighted by atomic mass is 9.83. The molecule has 3 atom stereocenters. The number of nitrogens with zero attached hydrogens (tertiary/aromatic N) is 3. The van der Waals surface area contributed by atoms with Crippen molar-refractivity contribution in [2.24, 2.45) is 11.8 Å². The van der Waals surface area contributed by atoms with Crippen molar-refractivity contribution in [3.63, 3.8) is 0 Å². The predicted octanol–water partition coefficient (Wildman–Crippen LogP) is 3.32. The molecule has 1 saturated carbocycles. The van der Waals surface area contributed by atoms with Gasteiger partial charge in [-0.2, -0.15) is 5.26 Å². The van der Waals surface area contributed by atoms with Crippen molar-refractivity contribution in [2.75, 3.05) is 32.8 Å². The summed E-state index contributed by atoms with van der Waals surface area (Å²) in [4.78, 5) is 29.1. The Bertz CT molecular complexity index is 1080. The number of benzene rings is 1. The molecule has 4 rings (SSSR count). The first-order chi connectivity index (χ1) is 17.5. The first kappa shape index (κ1) is 26.2. The molecular formula is C28H39N5O3. The number of morpholine rings is 1. The Labute approximate surface area is 214 Å². The second-order valence-corrected chi connectivity index (χ2v) is 10.5. The van der Waals surface area contributed by atoms with Crippen LogP contribution >= 0.6 is 0 Å². The van der Waals surface area contributed by atoms with Gasteiger partial charge in [0.25, 0.3) is 5.91 Å². The molecular weight excluding hydrogens is 454 g/mol. The summed E-state index contributed by atoms with van der Waals surface area (Å²) in [6.07, 6.45) is 4.03. The lowest BCUT2D eigenvalue weighted by Crippen LogP contribution is -2.50. The van der Waals surface area contributed by atoms with Gasteiger partial charge in [-0.3, -0.25) is 14.5 Å². The number of amides is 2. The second-order valence-electron chi connectivity index (χ2n) is 10.5. The standard InChI is InChI=1S/C28H39N5O3/c1-20(2)17-22(19-29)30-27(34)23-8-4-5-9-24(23)31-28(35)26-18-21-7-3-6-10-25(21)33(26)12-11-32-13-15-36-16-14-32/h3,6-7,10,18,20,22-24H,4-5,8-9,11-17H2,1-2H3,(H,30,34)(H,31,35). The van der Waals surface area contributed by atoms with Gasteiger partial charge in [-0.25, -0.2) is 0 Å². The molecule has 1 saturated heterocycles. The van der Waals surface area contributed by atoms with Crippen molar-refractivity contribution in [1.82, 2.24) is 20.1 Å². The number of carbonyl (C=O) groups excluding carboxylic acids is 2. The molecule has 2 aliphatic rings. The highest BCUT2D eigenvalue weighted by atomic mass is 16.5. The fraction of sp³-hybridized carbons (Fsp3) is 0.607. The molecule has 2 N–H and O–H groups in total. The number of rotatable bonds is 9. The molecule has 0 radical (unpaired) electrons. The normalized spacial score (nSPS) is 21.7. The number of hydrogen-bond acceptors (Lipinski definition) is 5. The molecule has 3 unspecified atom stereocenters. The SMILES string of the molecule is CC(C)CC(C#N)NC(=O)C1CCCCC1NC(=O)c1cc2ccccc2n1CCN1CCOCC1. The van der Waals surface area contributed by atoms with Gasteiger partial charge in [0.05, 0.1) is 25.2 Å². The number of aromatic nitrogens is 1. The minimum atomic E-state index is -0.501. The van der Waals surface area contributed by atoms with Crippen LogP contribution in [0, 0.1) is 23.2 Å². The number of ether oxygens (including phenoxy) is 1. The Morgan fingerprint density at radius 2 is 1.89 bits per heavy atom. The summed E-state index contributed by atoms with van der Waals surface area (Å²) in [7, 11) is 0. The summed E-state index contributed by atoms with van der Waals surface area (Å²) in [5, 5.41) is 16.6. The number of fused-ring (bicyclic) bond motifs is 1. The smallest absolute Gasteiger partial charge is 0.268 e. The van der Waals surface area contributed by atoms with Gasteiger partial charge in [0.1, 0.15) is 11.7 Å². The summed E-state index contributed by atoms with van der Waals surface area (Å²) >= 11 is 0. The number of nitriles is 1. The zero-order chi connectivity index (χ0) is 25.5. The van der Waals surface area contributed by atoms with Crippen LogP contribution in [0.2, 0.25) is 0 Å². The highest BCUT2D eigenvalue weighted by molar-refractivity contribution is 5.99. The van der Waals surface area contributed by atoms with Crippen LogP contribution < -0.4 is 10.6 Å². The van der Waals surface area contributed by atoms with Gasteiger partial charge in [0, 0.05) is 43.1 Å². The van der Waals surface area contributed by atoms with Gasteiger partial charge in [-0.15, -0.1) is 0 Å². The summed E-state index contributed by atoms with van der Waals surface area (Å²) in [5.41, 5.74) is 1.67. The average Bonchev–Trinajstić information content (AvgIpc) is 3.26. The maximum Gasteiger partial charge on any atom is 0.268 e. The van der Waals surface area contributed by atoms with E-state index < -0.39 is 6.04 Å². The van der Waals surface area contributed by atoms with Gasteiger partial charge >= 0.3 is 0 Å². The molecule has 2 amide bonds. The first-order valence-electron chi connectivity index (χ1n) is 13.4. The predicted molar refractivity (Wildman–Crippen MR) is 139 cm³/mol. The third-order valence-corrected chi connectivity index (χ3v) is 7.39. The molecule has 194 valence electrons. The minimum Gasteiger partial charge on any atom is -0.379 e. The van der Waals surface area contributed by atoms with Crippen LogP contribution in [0.25, 0.3) is 10.9 Å². The third kappa shape index (κ3) is 6.45. The van der Waals surface area contributed by atoms with E-state index in [1.54, 1.807) is 0 Å². The van der Waals surface area contributed by atoms with E-state index in [2.05, 4.69) is 32.2 Å². The van der Waals surface area contributed by atoms with Crippen LogP contribution in [0.15, 0.2) is 30.3 Å². The number of hydrogen-bond donors (Lipinski definition) is 2. The van der Waals surface area contributed by atoms with Crippen molar-refractivity contribution in [1.29, 1.82) is 5.26 Å². The second kappa shape index (κ2) is 12.4. The summed E-state index contributed by atoms with van der Waals surface area (Å²) in [6.45, 7) is 8.94. The van der Waals surface area contributed by atoms with Crippen molar-refractivity contribution >= 4 is 22.7 Å². The highest BCUT2D eigenvalue weighted by Gasteiger charge is 2.34. The fourth-order valence-corrected chi connectivity index (χ4v) is 5.46. The summed E-state index contributed by atoms with van der Waals surface area (Å²) in [5.74, 6) is -0.273. The van der Waals surface area contributed by atoms with E-state index in [-0.39, 0.29) is 23.8 Å². The Balaban J connectivity index is 1.49. The maximum atomic E-state index is 13.6. The van der Waals surface area contributed by atoms with Crippen LogP contribution in [-0.4, -0.2) is 66.2 Å². The van der Waals surface area contributed by atoms with E-state index in [0.717, 1.165) is 69.4 Å². The molecule has 8 nitrogen and oxygen atoms in total. The largest absolute Gasteiger partial charge is 0.379 e. The van der Waals surface area contributed by atoms with E-state index in [9.17, 15) is 14.9 Å². The van der Waals surface area contributed by atoms with Crippen molar-refractivity contribution < 1.29 is 14.3 Å². The Morgan fingerprint density at radius 1 is 1.14 bits per heavy atom. The Morgan fingerprint density at radius 3 is 2.64 bits per heavy atom. The van der Waals surface area contributed by atoms with E-state index in [1.807, 2.05) is 38.1 Å². The zero-order valence-corrected chi connectivity index (χ0v) is 21.5. The summed E-state index contributed by atoms with van der Waals surface area (Å²) in [6, 6.07) is 11.5. The lowest BCUT2D eigenvalue weighted by molar-refractivity contribution is -0.127. The van der Waals surface area contributed by atoms with Gasteiger partial charge < -0.3 is 19.9 Å². The van der Waals surface area contributed by atoms with Gasteiger partial charge in [0.15, 0.2) is 0 Å². The van der Waals surface area contributed by atoms with E-state index in [4.69, 9.17) is 4.74 Å². The molecule has 2 aromatic rings. The molecule has 36 heavy (non-hydrogen) atoms. The molecule has 2 heterocycles. The van der Waals surface area contributed by atoms with Crippen LogP contribution in [0.4, 0.5) is 0 Å².